The molecule has 2 rings (SSSR count). The molecule has 0 aliphatic rings. The molecule has 1 aromatic carbocycles. The standard InChI is InChI=1S/C11H11BrN2S/c12-9-3-1-2-8(6-9)10(13)7-11-14-4-5-15-11/h1-6,10H,7,13H2. The first kappa shape index (κ1) is 10.8. The third kappa shape index (κ3) is 2.87. The fourth-order valence-corrected chi connectivity index (χ4v) is 2.49. The summed E-state index contributed by atoms with van der Waals surface area (Å²) in [6.07, 6.45) is 2.61. The third-order valence-corrected chi connectivity index (χ3v) is 3.45. The first-order chi connectivity index (χ1) is 7.25. The molecule has 0 radical (unpaired) electrons. The summed E-state index contributed by atoms with van der Waals surface area (Å²) in [5.41, 5.74) is 7.24. The first-order valence-electron chi connectivity index (χ1n) is 4.65. The van der Waals surface area contributed by atoms with Crippen molar-refractivity contribution in [3.05, 3.63) is 50.9 Å². The van der Waals surface area contributed by atoms with Crippen molar-refractivity contribution in [1.82, 2.24) is 4.98 Å². The van der Waals surface area contributed by atoms with Gasteiger partial charge in [-0.1, -0.05) is 28.1 Å². The summed E-state index contributed by atoms with van der Waals surface area (Å²) in [4.78, 5) is 4.23. The van der Waals surface area contributed by atoms with E-state index in [1.807, 2.05) is 29.8 Å². The van der Waals surface area contributed by atoms with Crippen molar-refractivity contribution >= 4 is 27.3 Å². The third-order valence-electron chi connectivity index (χ3n) is 2.15. The lowest BCUT2D eigenvalue weighted by atomic mass is 10.1. The summed E-state index contributed by atoms with van der Waals surface area (Å²) in [6.45, 7) is 0. The van der Waals surface area contributed by atoms with E-state index in [1.165, 1.54) is 0 Å². The van der Waals surface area contributed by atoms with Crippen LogP contribution in [0, 0.1) is 0 Å². The number of hydrogen-bond acceptors (Lipinski definition) is 3. The normalized spacial score (nSPS) is 12.7. The van der Waals surface area contributed by atoms with Crippen LogP contribution < -0.4 is 5.73 Å². The summed E-state index contributed by atoms with van der Waals surface area (Å²) in [6, 6.07) is 8.12. The highest BCUT2D eigenvalue weighted by molar-refractivity contribution is 9.10. The molecule has 0 aliphatic carbocycles. The van der Waals surface area contributed by atoms with E-state index in [2.05, 4.69) is 27.0 Å². The predicted octanol–water partition coefficient (Wildman–Crippen LogP) is 3.15. The highest BCUT2D eigenvalue weighted by Gasteiger charge is 2.08. The predicted molar refractivity (Wildman–Crippen MR) is 66.9 cm³/mol. The van der Waals surface area contributed by atoms with Gasteiger partial charge in [0, 0.05) is 28.5 Å². The Bertz CT molecular complexity index is 428. The fourth-order valence-electron chi connectivity index (χ4n) is 1.40. The second kappa shape index (κ2) is 4.88. The number of thiazole rings is 1. The van der Waals surface area contributed by atoms with Gasteiger partial charge in [-0.25, -0.2) is 4.98 Å². The first-order valence-corrected chi connectivity index (χ1v) is 6.32. The van der Waals surface area contributed by atoms with E-state index in [0.717, 1.165) is 21.5 Å². The van der Waals surface area contributed by atoms with Crippen LogP contribution in [0.2, 0.25) is 0 Å². The molecule has 1 heterocycles. The van der Waals surface area contributed by atoms with Gasteiger partial charge in [-0.3, -0.25) is 0 Å². The Morgan fingerprint density at radius 2 is 2.33 bits per heavy atom. The summed E-state index contributed by atoms with van der Waals surface area (Å²) in [7, 11) is 0. The molecule has 2 aromatic rings. The molecule has 0 saturated heterocycles. The van der Waals surface area contributed by atoms with Crippen molar-refractivity contribution in [2.24, 2.45) is 5.73 Å². The van der Waals surface area contributed by atoms with E-state index >= 15 is 0 Å². The molecular weight excluding hydrogens is 272 g/mol. The second-order valence-corrected chi connectivity index (χ2v) is 5.19. The van der Waals surface area contributed by atoms with E-state index in [4.69, 9.17) is 5.73 Å². The van der Waals surface area contributed by atoms with Gasteiger partial charge in [-0.05, 0) is 17.7 Å². The molecule has 1 atom stereocenters. The summed E-state index contributed by atoms with van der Waals surface area (Å²) in [5.74, 6) is 0. The Morgan fingerprint density at radius 3 is 3.00 bits per heavy atom. The SMILES string of the molecule is NC(Cc1nccs1)c1cccc(Br)c1. The van der Waals surface area contributed by atoms with Crippen LogP contribution in [0.15, 0.2) is 40.3 Å². The minimum atomic E-state index is 0.0219. The molecule has 0 bridgehead atoms. The Morgan fingerprint density at radius 1 is 1.47 bits per heavy atom. The fraction of sp³-hybridized carbons (Fsp3) is 0.182. The molecule has 0 aliphatic heterocycles. The van der Waals surface area contributed by atoms with Gasteiger partial charge in [0.15, 0.2) is 0 Å². The molecule has 78 valence electrons. The highest BCUT2D eigenvalue weighted by Crippen LogP contribution is 2.20. The van der Waals surface area contributed by atoms with E-state index in [9.17, 15) is 0 Å². The maximum absolute atomic E-state index is 6.10. The average Bonchev–Trinajstić information content (AvgIpc) is 2.70. The molecule has 0 spiro atoms. The molecule has 1 unspecified atom stereocenters. The van der Waals surface area contributed by atoms with Crippen molar-refractivity contribution in [3.8, 4) is 0 Å². The van der Waals surface area contributed by atoms with Gasteiger partial charge in [-0.15, -0.1) is 11.3 Å². The lowest BCUT2D eigenvalue weighted by Gasteiger charge is -2.10. The molecule has 0 fully saturated rings. The number of rotatable bonds is 3. The maximum atomic E-state index is 6.10. The van der Waals surface area contributed by atoms with E-state index in [-0.39, 0.29) is 6.04 Å². The molecular formula is C11H11BrN2S. The quantitative estimate of drug-likeness (QED) is 0.939. The van der Waals surface area contributed by atoms with Crippen LogP contribution in [0.25, 0.3) is 0 Å². The largest absolute Gasteiger partial charge is 0.324 e. The number of halogens is 1. The lowest BCUT2D eigenvalue weighted by molar-refractivity contribution is 0.717. The molecule has 15 heavy (non-hydrogen) atoms. The summed E-state index contributed by atoms with van der Waals surface area (Å²) < 4.78 is 1.06. The Hall–Kier alpha value is -0.710. The Balaban J connectivity index is 2.11. The van der Waals surface area contributed by atoms with Crippen molar-refractivity contribution in [1.29, 1.82) is 0 Å². The Kier molecular flexibility index (Phi) is 3.51. The van der Waals surface area contributed by atoms with Crippen LogP contribution in [0.1, 0.15) is 16.6 Å². The number of nitrogens with two attached hydrogens (primary N) is 1. The van der Waals surface area contributed by atoms with Gasteiger partial charge in [0.05, 0.1) is 5.01 Å². The van der Waals surface area contributed by atoms with Crippen LogP contribution in [0.4, 0.5) is 0 Å². The number of aromatic nitrogens is 1. The second-order valence-electron chi connectivity index (χ2n) is 3.29. The molecule has 2 nitrogen and oxygen atoms in total. The van der Waals surface area contributed by atoms with Gasteiger partial charge in [0.2, 0.25) is 0 Å². The minimum absolute atomic E-state index is 0.0219. The Labute approximate surface area is 101 Å². The smallest absolute Gasteiger partial charge is 0.0943 e. The van der Waals surface area contributed by atoms with Crippen molar-refractivity contribution in [2.45, 2.75) is 12.5 Å². The lowest BCUT2D eigenvalue weighted by Crippen LogP contribution is -2.13. The van der Waals surface area contributed by atoms with Gasteiger partial charge in [-0.2, -0.15) is 0 Å². The zero-order valence-corrected chi connectivity index (χ0v) is 10.5. The van der Waals surface area contributed by atoms with E-state index in [1.54, 1.807) is 11.3 Å². The zero-order valence-electron chi connectivity index (χ0n) is 8.06. The topological polar surface area (TPSA) is 38.9 Å². The van der Waals surface area contributed by atoms with Crippen molar-refractivity contribution in [3.63, 3.8) is 0 Å². The maximum Gasteiger partial charge on any atom is 0.0943 e. The monoisotopic (exact) mass is 282 g/mol. The zero-order chi connectivity index (χ0) is 10.7. The number of nitrogens with zero attached hydrogens (tertiary/aromatic N) is 1. The van der Waals surface area contributed by atoms with Crippen LogP contribution in [0.5, 0.6) is 0 Å². The van der Waals surface area contributed by atoms with Gasteiger partial charge < -0.3 is 5.73 Å². The van der Waals surface area contributed by atoms with Crippen LogP contribution in [0.3, 0.4) is 0 Å². The van der Waals surface area contributed by atoms with Crippen LogP contribution >= 0.6 is 27.3 Å². The van der Waals surface area contributed by atoms with Crippen LogP contribution in [-0.4, -0.2) is 4.98 Å². The number of benzene rings is 1. The van der Waals surface area contributed by atoms with Gasteiger partial charge in [0.1, 0.15) is 0 Å². The molecule has 1 aromatic heterocycles. The molecule has 2 N–H and O–H groups in total. The summed E-state index contributed by atoms with van der Waals surface area (Å²) >= 11 is 5.09. The summed E-state index contributed by atoms with van der Waals surface area (Å²) in [5, 5.41) is 3.06. The number of hydrogen-bond donors (Lipinski definition) is 1. The van der Waals surface area contributed by atoms with E-state index in [0.29, 0.717) is 0 Å². The van der Waals surface area contributed by atoms with E-state index < -0.39 is 0 Å². The van der Waals surface area contributed by atoms with Gasteiger partial charge in [0.25, 0.3) is 0 Å². The average molecular weight is 283 g/mol. The molecule has 4 heteroatoms. The van der Waals surface area contributed by atoms with Crippen molar-refractivity contribution < 1.29 is 0 Å². The molecule has 0 amide bonds. The molecule has 0 saturated carbocycles. The van der Waals surface area contributed by atoms with Gasteiger partial charge >= 0.3 is 0 Å². The highest BCUT2D eigenvalue weighted by atomic mass is 79.9. The van der Waals surface area contributed by atoms with Crippen LogP contribution in [-0.2, 0) is 6.42 Å². The van der Waals surface area contributed by atoms with Crippen molar-refractivity contribution in [2.75, 3.05) is 0 Å². The minimum Gasteiger partial charge on any atom is -0.324 e.